The summed E-state index contributed by atoms with van der Waals surface area (Å²) in [6.07, 6.45) is 13.6. The first kappa shape index (κ1) is 38.4. The van der Waals surface area contributed by atoms with E-state index in [1.807, 2.05) is 31.2 Å². The number of phenolic OH excluding ortho intramolecular Hbond substituents is 1. The number of terminal acetylenes is 2. The molecule has 0 radical (unpaired) electrons. The van der Waals surface area contributed by atoms with E-state index >= 15 is 0 Å². The molecule has 2 aliphatic rings. The van der Waals surface area contributed by atoms with Crippen LogP contribution in [0.25, 0.3) is 0 Å². The Balaban J connectivity index is 0.000000261. The van der Waals surface area contributed by atoms with Crippen molar-refractivity contribution in [1.82, 2.24) is 5.32 Å². The minimum Gasteiger partial charge on any atom is -0.508 e. The molecule has 0 fully saturated rings. The topological polar surface area (TPSA) is 128 Å². The smallest absolute Gasteiger partial charge is 0.336 e. The van der Waals surface area contributed by atoms with Crippen molar-refractivity contribution in [2.45, 2.75) is 46.0 Å². The molecule has 3 aromatic rings. The lowest BCUT2D eigenvalue weighted by Crippen LogP contribution is -2.39. The van der Waals surface area contributed by atoms with E-state index in [1.165, 1.54) is 19.2 Å². The van der Waals surface area contributed by atoms with Crippen molar-refractivity contribution in [2.75, 3.05) is 20.3 Å². The molecule has 1 atom stereocenters. The summed E-state index contributed by atoms with van der Waals surface area (Å²) in [7, 11) is 1.37. The number of nitrogens with one attached hydrogen (secondary N) is 1. The molecular weight excluding hydrogens is 634 g/mol. The van der Waals surface area contributed by atoms with Crippen LogP contribution in [0.3, 0.4) is 0 Å². The van der Waals surface area contributed by atoms with Crippen LogP contribution in [0.4, 0.5) is 0 Å². The SMILES string of the molecule is C#CCOc1ccc(C2C3=C(CC(C)(C)CC3=O)NC(CC)=C2C(=O)OC)cc1.C#CCOc1ccc(C=O)cc1.O=Cc1ccc(O)cc1. The number of rotatable bonds is 9. The summed E-state index contributed by atoms with van der Waals surface area (Å²) in [5, 5.41) is 12.1. The maximum Gasteiger partial charge on any atom is 0.336 e. The Kier molecular flexibility index (Phi) is 14.2. The summed E-state index contributed by atoms with van der Waals surface area (Å²) < 4.78 is 15.7. The average molecular weight is 676 g/mol. The van der Waals surface area contributed by atoms with E-state index < -0.39 is 11.9 Å². The van der Waals surface area contributed by atoms with Gasteiger partial charge in [-0.25, -0.2) is 4.79 Å². The highest BCUT2D eigenvalue weighted by molar-refractivity contribution is 6.04. The molecule has 1 aliphatic heterocycles. The summed E-state index contributed by atoms with van der Waals surface area (Å²) in [5.74, 6) is 5.48. The third kappa shape index (κ3) is 10.5. The molecule has 0 saturated carbocycles. The number of benzene rings is 3. The molecule has 5 rings (SSSR count). The number of aldehydes is 2. The van der Waals surface area contributed by atoms with Crippen LogP contribution in [0.2, 0.25) is 0 Å². The third-order valence-corrected chi connectivity index (χ3v) is 7.79. The van der Waals surface area contributed by atoms with E-state index in [0.717, 1.165) is 36.0 Å². The van der Waals surface area contributed by atoms with Gasteiger partial charge in [0, 0.05) is 40.4 Å². The van der Waals surface area contributed by atoms with Gasteiger partial charge >= 0.3 is 5.97 Å². The first-order chi connectivity index (χ1) is 24.0. The van der Waals surface area contributed by atoms with Gasteiger partial charge < -0.3 is 24.6 Å². The van der Waals surface area contributed by atoms with Crippen LogP contribution < -0.4 is 14.8 Å². The van der Waals surface area contributed by atoms with Gasteiger partial charge in [0.25, 0.3) is 0 Å². The molecule has 258 valence electrons. The number of Topliss-reactive ketones (excluding diaryl/α,β-unsaturated/α-hetero) is 1. The van der Waals surface area contributed by atoms with Crippen LogP contribution in [-0.4, -0.2) is 49.8 Å². The van der Waals surface area contributed by atoms with E-state index in [4.69, 9.17) is 32.2 Å². The van der Waals surface area contributed by atoms with Crippen molar-refractivity contribution in [3.05, 3.63) is 112 Å². The lowest BCUT2D eigenvalue weighted by Gasteiger charge is -2.39. The summed E-state index contributed by atoms with van der Waals surface area (Å²) in [6, 6.07) is 20.2. The van der Waals surface area contributed by atoms with E-state index in [1.54, 1.807) is 36.4 Å². The Labute approximate surface area is 293 Å². The monoisotopic (exact) mass is 675 g/mol. The van der Waals surface area contributed by atoms with Crippen molar-refractivity contribution < 1.29 is 38.5 Å². The summed E-state index contributed by atoms with van der Waals surface area (Å²) in [6.45, 7) is 6.60. The molecule has 3 aromatic carbocycles. The largest absolute Gasteiger partial charge is 0.508 e. The normalized spacial score (nSPS) is 15.6. The highest BCUT2D eigenvalue weighted by atomic mass is 16.5. The number of ketones is 1. The molecule has 1 aliphatic carbocycles. The van der Waals surface area contributed by atoms with Gasteiger partial charge in [-0.15, -0.1) is 12.8 Å². The third-order valence-electron chi connectivity index (χ3n) is 7.79. The fourth-order valence-corrected chi connectivity index (χ4v) is 5.51. The minimum atomic E-state index is -0.459. The van der Waals surface area contributed by atoms with Gasteiger partial charge in [-0.05, 0) is 84.5 Å². The lowest BCUT2D eigenvalue weighted by molar-refractivity contribution is -0.136. The van der Waals surface area contributed by atoms with Gasteiger partial charge in [0.15, 0.2) is 5.78 Å². The molecule has 0 saturated heterocycles. The molecule has 50 heavy (non-hydrogen) atoms. The Morgan fingerprint density at radius 1 is 0.880 bits per heavy atom. The van der Waals surface area contributed by atoms with E-state index in [0.29, 0.717) is 46.6 Å². The number of methoxy groups -OCH3 is 1. The second-order valence-corrected chi connectivity index (χ2v) is 12.1. The van der Waals surface area contributed by atoms with Crippen molar-refractivity contribution in [1.29, 1.82) is 0 Å². The summed E-state index contributed by atoms with van der Waals surface area (Å²) in [5.41, 5.74) is 4.81. The van der Waals surface area contributed by atoms with Gasteiger partial charge in [0.05, 0.1) is 12.7 Å². The number of carbonyl (C=O) groups is 4. The van der Waals surface area contributed by atoms with Crippen LogP contribution >= 0.6 is 0 Å². The van der Waals surface area contributed by atoms with Crippen molar-refractivity contribution >= 4 is 24.3 Å². The Morgan fingerprint density at radius 2 is 1.38 bits per heavy atom. The minimum absolute atomic E-state index is 0.0676. The number of hydrogen-bond donors (Lipinski definition) is 2. The number of aromatic hydroxyl groups is 1. The molecule has 0 bridgehead atoms. The van der Waals surface area contributed by atoms with Crippen LogP contribution in [0.15, 0.2) is 95.3 Å². The predicted octanol–water partition coefficient (Wildman–Crippen LogP) is 6.58. The van der Waals surface area contributed by atoms with Gasteiger partial charge in [-0.1, -0.05) is 44.7 Å². The average Bonchev–Trinajstić information content (AvgIpc) is 3.12. The number of hydrogen-bond acceptors (Lipinski definition) is 9. The molecular formula is C41H41NO8. The molecule has 9 nitrogen and oxygen atoms in total. The van der Waals surface area contributed by atoms with Crippen LogP contribution in [-0.2, 0) is 14.3 Å². The number of ether oxygens (including phenoxy) is 3. The standard InChI is InChI=1S/C24H27NO4.C10H8O2.C7H6O2/c1-6-12-29-16-10-8-15(9-11-16)20-21-18(13-24(3,4)14-19(21)26)25-17(7-2)22(20)23(27)28-5;1-2-7-12-10-5-3-9(8-11)4-6-10;8-5-6-1-3-7(9)4-2-6/h1,8-11,20,25H,7,12-14H2,2-5H3;1,3-6,8H,7H2;1-5,9H. The second-order valence-electron chi connectivity index (χ2n) is 12.1. The molecule has 9 heteroatoms. The second kappa shape index (κ2) is 18.5. The zero-order chi connectivity index (χ0) is 36.7. The predicted molar refractivity (Wildman–Crippen MR) is 191 cm³/mol. The number of allylic oxidation sites excluding steroid dienone is 3. The highest BCUT2D eigenvalue weighted by Crippen LogP contribution is 2.47. The van der Waals surface area contributed by atoms with Crippen LogP contribution in [0.5, 0.6) is 17.2 Å². The first-order valence-electron chi connectivity index (χ1n) is 15.9. The summed E-state index contributed by atoms with van der Waals surface area (Å²) in [4.78, 5) is 46.2. The zero-order valence-corrected chi connectivity index (χ0v) is 28.7. The zero-order valence-electron chi connectivity index (χ0n) is 28.7. The maximum atomic E-state index is 13.2. The van der Waals surface area contributed by atoms with Crippen LogP contribution in [0.1, 0.15) is 72.2 Å². The Bertz CT molecular complexity index is 1800. The summed E-state index contributed by atoms with van der Waals surface area (Å²) >= 11 is 0. The number of phenols is 1. The van der Waals surface area contributed by atoms with Gasteiger partial charge in [0.1, 0.15) is 43.0 Å². The van der Waals surface area contributed by atoms with E-state index in [-0.39, 0.29) is 30.2 Å². The molecule has 0 spiro atoms. The Morgan fingerprint density at radius 3 is 1.84 bits per heavy atom. The Hall–Kier alpha value is -6.06. The number of dihydropyridines is 1. The molecule has 0 aromatic heterocycles. The quantitative estimate of drug-likeness (QED) is 0.147. The van der Waals surface area contributed by atoms with Crippen molar-refractivity contribution in [3.63, 3.8) is 0 Å². The number of carbonyl (C=O) groups excluding carboxylic acids is 4. The molecule has 2 N–H and O–H groups in total. The van der Waals surface area contributed by atoms with Gasteiger partial charge in [-0.2, -0.15) is 0 Å². The maximum absolute atomic E-state index is 13.2. The highest BCUT2D eigenvalue weighted by Gasteiger charge is 2.43. The lowest BCUT2D eigenvalue weighted by atomic mass is 9.68. The molecule has 1 unspecified atom stereocenters. The van der Waals surface area contributed by atoms with Gasteiger partial charge in [0.2, 0.25) is 0 Å². The molecule has 1 heterocycles. The number of esters is 1. The van der Waals surface area contributed by atoms with Crippen molar-refractivity contribution in [2.24, 2.45) is 5.41 Å². The van der Waals surface area contributed by atoms with E-state index in [9.17, 15) is 19.2 Å². The van der Waals surface area contributed by atoms with E-state index in [2.05, 4.69) is 31.0 Å². The fourth-order valence-electron chi connectivity index (χ4n) is 5.51. The van der Waals surface area contributed by atoms with Crippen molar-refractivity contribution in [3.8, 4) is 41.9 Å². The van der Waals surface area contributed by atoms with Gasteiger partial charge in [-0.3, -0.25) is 14.4 Å². The van der Waals surface area contributed by atoms with Crippen LogP contribution in [0, 0.1) is 30.1 Å². The molecule has 0 amide bonds. The first-order valence-corrected chi connectivity index (χ1v) is 15.9. The fraction of sp³-hybridized carbons (Fsp3) is 0.268.